The smallest absolute Gasteiger partial charge is 0.271 e. The molecule has 0 aromatic heterocycles. The van der Waals surface area contributed by atoms with E-state index in [9.17, 15) is 14.0 Å². The molecule has 3 aliphatic rings. The van der Waals surface area contributed by atoms with Gasteiger partial charge >= 0.3 is 6.03 Å². The van der Waals surface area contributed by atoms with Crippen molar-refractivity contribution < 1.29 is 19.0 Å². The number of anilines is 1. The van der Waals surface area contributed by atoms with Gasteiger partial charge in [0.05, 0.1) is 11.4 Å². The van der Waals surface area contributed by atoms with Gasteiger partial charge in [-0.25, -0.2) is 19.1 Å². The number of benzene rings is 1. The molecule has 112 valence electrons. The molecule has 0 saturated carbocycles. The quantitative estimate of drug-likeness (QED) is 0.784. The lowest BCUT2D eigenvalue weighted by molar-refractivity contribution is -0.404. The average Bonchev–Trinajstić information content (AvgIpc) is 2.80. The number of carbonyl (C=O) groups is 2. The van der Waals surface area contributed by atoms with Gasteiger partial charge in [-0.2, -0.15) is 0 Å². The van der Waals surface area contributed by atoms with Crippen LogP contribution in [-0.4, -0.2) is 29.1 Å². The SMILES string of the molecule is O=C1C2C=[NH+]C3=C(CCCC3)N2C(=O)N1c1ccccc1F. The molecule has 22 heavy (non-hydrogen) atoms. The molecule has 5 nitrogen and oxygen atoms in total. The van der Waals surface area contributed by atoms with Crippen molar-refractivity contribution in [3.8, 4) is 0 Å². The van der Waals surface area contributed by atoms with Crippen LogP contribution < -0.4 is 9.89 Å². The highest BCUT2D eigenvalue weighted by Crippen LogP contribution is 2.34. The monoisotopic (exact) mass is 300 g/mol. The van der Waals surface area contributed by atoms with Gasteiger partial charge in [-0.1, -0.05) is 12.1 Å². The summed E-state index contributed by atoms with van der Waals surface area (Å²) >= 11 is 0. The van der Waals surface area contributed by atoms with Gasteiger partial charge in [0.15, 0.2) is 18.0 Å². The third kappa shape index (κ3) is 1.73. The number of nitrogens with zero attached hydrogens (tertiary/aromatic N) is 2. The third-order valence-corrected chi connectivity index (χ3v) is 4.39. The Bertz CT molecular complexity index is 741. The van der Waals surface area contributed by atoms with Crippen LogP contribution in [-0.2, 0) is 4.79 Å². The fraction of sp³-hybridized carbons (Fsp3) is 0.312. The molecule has 1 aliphatic carbocycles. The van der Waals surface area contributed by atoms with Crippen molar-refractivity contribution in [3.05, 3.63) is 41.5 Å². The molecule has 0 spiro atoms. The molecule has 0 bridgehead atoms. The number of halogens is 1. The van der Waals surface area contributed by atoms with Gasteiger partial charge < -0.3 is 0 Å². The van der Waals surface area contributed by atoms with Crippen molar-refractivity contribution in [2.45, 2.75) is 31.7 Å². The number of hydrogen-bond acceptors (Lipinski definition) is 2. The number of nitrogens with one attached hydrogen (secondary N) is 1. The molecule has 2 aliphatic heterocycles. The fourth-order valence-electron chi connectivity index (χ4n) is 3.34. The van der Waals surface area contributed by atoms with Crippen molar-refractivity contribution in [1.29, 1.82) is 0 Å². The van der Waals surface area contributed by atoms with E-state index in [1.54, 1.807) is 12.3 Å². The van der Waals surface area contributed by atoms with Crippen LogP contribution in [0.25, 0.3) is 0 Å². The average molecular weight is 300 g/mol. The molecule has 1 fully saturated rings. The van der Waals surface area contributed by atoms with Crippen molar-refractivity contribution in [2.75, 3.05) is 4.90 Å². The second-order valence-electron chi connectivity index (χ2n) is 5.67. The molecule has 3 amide bonds. The van der Waals surface area contributed by atoms with Crippen LogP contribution in [0, 0.1) is 5.82 Å². The standard InChI is InChI=1S/C16H14FN3O2/c17-10-5-1-3-7-12(10)20-15(21)14-9-18-11-6-2-4-8-13(11)19(14)16(20)22/h1,3,5,7,9,14H,2,4,6,8H2/p+1. The molecular formula is C16H15FN3O2+. The van der Waals surface area contributed by atoms with E-state index in [-0.39, 0.29) is 5.69 Å². The summed E-state index contributed by atoms with van der Waals surface area (Å²) in [7, 11) is 0. The van der Waals surface area contributed by atoms with Gasteiger partial charge in [-0.15, -0.1) is 0 Å². The lowest BCUT2D eigenvalue weighted by atomic mass is 9.98. The zero-order valence-electron chi connectivity index (χ0n) is 11.9. The van der Waals surface area contributed by atoms with E-state index in [2.05, 4.69) is 4.99 Å². The van der Waals surface area contributed by atoms with Gasteiger partial charge in [0.2, 0.25) is 0 Å². The number of fused-ring (bicyclic) bond motifs is 2. The first kappa shape index (κ1) is 13.2. The van der Waals surface area contributed by atoms with Gasteiger partial charge in [-0.3, -0.25) is 9.69 Å². The number of rotatable bonds is 1. The summed E-state index contributed by atoms with van der Waals surface area (Å²) in [5, 5.41) is 0. The van der Waals surface area contributed by atoms with E-state index >= 15 is 0 Å². The molecule has 1 atom stereocenters. The van der Waals surface area contributed by atoms with E-state index in [1.807, 2.05) is 0 Å². The highest BCUT2D eigenvalue weighted by Gasteiger charge is 2.51. The number of hydrogen-bond donors (Lipinski definition) is 1. The molecule has 2 heterocycles. The lowest BCUT2D eigenvalue weighted by Crippen LogP contribution is -2.74. The highest BCUT2D eigenvalue weighted by molar-refractivity contribution is 6.26. The lowest BCUT2D eigenvalue weighted by Gasteiger charge is -2.26. The van der Waals surface area contributed by atoms with Crippen molar-refractivity contribution in [1.82, 2.24) is 4.90 Å². The summed E-state index contributed by atoms with van der Waals surface area (Å²) in [6, 6.07) is 4.69. The van der Waals surface area contributed by atoms with Crippen molar-refractivity contribution in [3.63, 3.8) is 0 Å². The van der Waals surface area contributed by atoms with E-state index in [1.165, 1.54) is 23.1 Å². The maximum Gasteiger partial charge on any atom is 0.337 e. The summed E-state index contributed by atoms with van der Waals surface area (Å²) in [5.41, 5.74) is 1.88. The minimum Gasteiger partial charge on any atom is -0.271 e. The summed E-state index contributed by atoms with van der Waals surface area (Å²) in [6.07, 6.45) is 5.32. The Kier molecular flexibility index (Phi) is 2.85. The maximum atomic E-state index is 14.0. The Balaban J connectivity index is 1.79. The molecule has 1 saturated heterocycles. The Hall–Kier alpha value is -2.50. The number of allylic oxidation sites excluding steroid dienone is 2. The molecule has 4 rings (SSSR count). The minimum atomic E-state index is -0.691. The van der Waals surface area contributed by atoms with Crippen LogP contribution >= 0.6 is 0 Å². The summed E-state index contributed by atoms with van der Waals surface area (Å²) in [5.74, 6) is -0.991. The molecule has 1 aromatic carbocycles. The number of imide groups is 1. The fourth-order valence-corrected chi connectivity index (χ4v) is 3.34. The first-order chi connectivity index (χ1) is 10.7. The summed E-state index contributed by atoms with van der Waals surface area (Å²) < 4.78 is 14.0. The third-order valence-electron chi connectivity index (χ3n) is 4.39. The summed E-state index contributed by atoms with van der Waals surface area (Å²) in [6.45, 7) is 0. The molecule has 6 heteroatoms. The van der Waals surface area contributed by atoms with E-state index in [4.69, 9.17) is 0 Å². The Morgan fingerprint density at radius 3 is 2.73 bits per heavy atom. The van der Waals surface area contributed by atoms with Crippen LogP contribution in [0.5, 0.6) is 0 Å². The largest absolute Gasteiger partial charge is 0.337 e. The van der Waals surface area contributed by atoms with Crippen LogP contribution in [0.3, 0.4) is 0 Å². The predicted molar refractivity (Wildman–Crippen MR) is 77.4 cm³/mol. The maximum absolute atomic E-state index is 14.0. The normalized spacial score (nSPS) is 24.0. The van der Waals surface area contributed by atoms with Gasteiger partial charge in [0.25, 0.3) is 5.91 Å². The number of para-hydroxylation sites is 1. The van der Waals surface area contributed by atoms with E-state index in [0.717, 1.165) is 42.0 Å². The van der Waals surface area contributed by atoms with Crippen LogP contribution in [0.15, 0.2) is 35.7 Å². The highest BCUT2D eigenvalue weighted by atomic mass is 19.1. The van der Waals surface area contributed by atoms with Gasteiger partial charge in [0, 0.05) is 6.42 Å². The first-order valence-electron chi connectivity index (χ1n) is 7.42. The second-order valence-corrected chi connectivity index (χ2v) is 5.67. The molecule has 0 radical (unpaired) electrons. The molecule has 1 unspecified atom stereocenters. The molecule has 1 aromatic rings. The van der Waals surface area contributed by atoms with Gasteiger partial charge in [-0.05, 0) is 31.4 Å². The topological polar surface area (TPSA) is 54.6 Å². The van der Waals surface area contributed by atoms with Crippen molar-refractivity contribution in [2.24, 2.45) is 0 Å². The summed E-state index contributed by atoms with van der Waals surface area (Å²) in [4.78, 5) is 30.9. The van der Waals surface area contributed by atoms with Crippen LogP contribution in [0.4, 0.5) is 14.9 Å². The minimum absolute atomic E-state index is 0.0123. The molecular weight excluding hydrogens is 285 g/mol. The van der Waals surface area contributed by atoms with Gasteiger partial charge in [0.1, 0.15) is 5.82 Å². The van der Waals surface area contributed by atoms with Crippen LogP contribution in [0.1, 0.15) is 25.7 Å². The number of amides is 3. The second kappa shape index (κ2) is 4.76. The number of carbonyl (C=O) groups excluding carboxylic acids is 2. The van der Waals surface area contributed by atoms with Crippen molar-refractivity contribution >= 4 is 23.8 Å². The zero-order chi connectivity index (χ0) is 15.3. The first-order valence-corrected chi connectivity index (χ1v) is 7.42. The predicted octanol–water partition coefficient (Wildman–Crippen LogP) is 0.913. The Labute approximate surface area is 126 Å². The zero-order valence-corrected chi connectivity index (χ0v) is 11.9. The Morgan fingerprint density at radius 2 is 1.91 bits per heavy atom. The van der Waals surface area contributed by atoms with E-state index < -0.39 is 23.8 Å². The van der Waals surface area contributed by atoms with Crippen LogP contribution in [0.2, 0.25) is 0 Å². The number of urea groups is 1. The molecule has 1 N–H and O–H groups in total. The van der Waals surface area contributed by atoms with E-state index in [0.29, 0.717) is 0 Å². The Morgan fingerprint density at radius 1 is 1.14 bits per heavy atom.